The van der Waals surface area contributed by atoms with Crippen LogP contribution in [0.2, 0.25) is 5.02 Å². The molecule has 134 valence electrons. The minimum Gasteiger partial charge on any atom is -0.459 e. The quantitative estimate of drug-likeness (QED) is 0.592. The van der Waals surface area contributed by atoms with Crippen molar-refractivity contribution in [2.45, 2.75) is 24.2 Å². The van der Waals surface area contributed by atoms with Crippen LogP contribution in [0.4, 0.5) is 5.69 Å². The summed E-state index contributed by atoms with van der Waals surface area (Å²) in [5, 5.41) is 0.809. The highest BCUT2D eigenvalue weighted by Crippen LogP contribution is 2.38. The van der Waals surface area contributed by atoms with Crippen molar-refractivity contribution >= 4 is 60.0 Å². The molecule has 1 aliphatic carbocycles. The van der Waals surface area contributed by atoms with E-state index in [0.29, 0.717) is 35.1 Å². The van der Waals surface area contributed by atoms with E-state index in [0.717, 1.165) is 10.9 Å². The summed E-state index contributed by atoms with van der Waals surface area (Å²) in [6.07, 6.45) is 1.87. The molecule has 5 nitrogen and oxygen atoms in total. The van der Waals surface area contributed by atoms with E-state index < -0.39 is 10.0 Å². The summed E-state index contributed by atoms with van der Waals surface area (Å²) >= 11 is 9.56. The number of hydrogen-bond acceptors (Lipinski definition) is 4. The number of aryl methyl sites for hydroxylation is 1. The van der Waals surface area contributed by atoms with Crippen molar-refractivity contribution in [3.63, 3.8) is 0 Å². The second-order valence-electron chi connectivity index (χ2n) is 6.07. The summed E-state index contributed by atoms with van der Waals surface area (Å²) < 4.78 is 34.2. The minimum atomic E-state index is -3.78. The van der Waals surface area contributed by atoms with Crippen molar-refractivity contribution in [3.05, 3.63) is 57.2 Å². The number of fused-ring (bicyclic) bond motifs is 3. The van der Waals surface area contributed by atoms with E-state index in [1.54, 1.807) is 18.2 Å². The van der Waals surface area contributed by atoms with Gasteiger partial charge in [-0.2, -0.15) is 0 Å². The third kappa shape index (κ3) is 3.04. The van der Waals surface area contributed by atoms with Gasteiger partial charge in [0.05, 0.1) is 21.2 Å². The molecule has 0 saturated heterocycles. The molecule has 4 rings (SSSR count). The lowest BCUT2D eigenvalue weighted by Crippen LogP contribution is -2.13. The molecule has 0 bridgehead atoms. The zero-order valence-electron chi connectivity index (χ0n) is 13.4. The lowest BCUT2D eigenvalue weighted by Gasteiger charge is -2.10. The van der Waals surface area contributed by atoms with Crippen molar-refractivity contribution in [2.75, 3.05) is 4.72 Å². The summed E-state index contributed by atoms with van der Waals surface area (Å²) in [5.74, 6) is 0.611. The first-order valence-electron chi connectivity index (χ1n) is 7.92. The van der Waals surface area contributed by atoms with Crippen LogP contribution < -0.4 is 4.72 Å². The molecule has 8 heteroatoms. The number of carbonyl (C=O) groups is 1. The number of furan rings is 1. The molecular formula is C18H13BrClNO4S. The Kier molecular flexibility index (Phi) is 4.33. The van der Waals surface area contributed by atoms with Gasteiger partial charge in [-0.05, 0) is 42.8 Å². The Balaban J connectivity index is 1.79. The van der Waals surface area contributed by atoms with Crippen LogP contribution in [-0.2, 0) is 16.4 Å². The molecular weight excluding hydrogens is 442 g/mol. The minimum absolute atomic E-state index is 0.00557. The van der Waals surface area contributed by atoms with E-state index in [1.165, 1.54) is 18.2 Å². The summed E-state index contributed by atoms with van der Waals surface area (Å²) in [6.45, 7) is 0. The molecule has 26 heavy (non-hydrogen) atoms. The van der Waals surface area contributed by atoms with Crippen molar-refractivity contribution in [2.24, 2.45) is 0 Å². The highest BCUT2D eigenvalue weighted by Gasteiger charge is 2.26. The maximum absolute atomic E-state index is 12.6. The molecule has 1 heterocycles. The fourth-order valence-electron chi connectivity index (χ4n) is 3.11. The van der Waals surface area contributed by atoms with Gasteiger partial charge >= 0.3 is 0 Å². The van der Waals surface area contributed by atoms with Gasteiger partial charge < -0.3 is 4.42 Å². The van der Waals surface area contributed by atoms with Gasteiger partial charge in [-0.25, -0.2) is 8.42 Å². The van der Waals surface area contributed by atoms with Crippen molar-refractivity contribution in [1.29, 1.82) is 0 Å². The average molecular weight is 455 g/mol. The van der Waals surface area contributed by atoms with E-state index >= 15 is 0 Å². The highest BCUT2D eigenvalue weighted by atomic mass is 79.9. The monoisotopic (exact) mass is 453 g/mol. The summed E-state index contributed by atoms with van der Waals surface area (Å²) in [5.41, 5.74) is 1.21. The number of halogens is 2. The Morgan fingerprint density at radius 1 is 1.12 bits per heavy atom. The Hall–Kier alpha value is -1.83. The molecule has 0 atom stereocenters. The molecule has 0 saturated carbocycles. The SMILES string of the molecule is O=C1CCCc2oc3c(Cl)cc(NS(=O)(=O)c4ccc(Br)cc4)cc3c21. The van der Waals surface area contributed by atoms with Crippen LogP contribution in [0.25, 0.3) is 11.0 Å². The maximum Gasteiger partial charge on any atom is 0.261 e. The number of nitrogens with one attached hydrogen (secondary N) is 1. The van der Waals surface area contributed by atoms with Crippen LogP contribution in [0.15, 0.2) is 50.2 Å². The highest BCUT2D eigenvalue weighted by molar-refractivity contribution is 9.10. The number of rotatable bonds is 3. The van der Waals surface area contributed by atoms with E-state index in [4.69, 9.17) is 16.0 Å². The van der Waals surface area contributed by atoms with Gasteiger partial charge in [-0.3, -0.25) is 9.52 Å². The summed E-state index contributed by atoms with van der Waals surface area (Å²) in [7, 11) is -3.78. The number of carbonyl (C=O) groups excluding carboxylic acids is 1. The lowest BCUT2D eigenvalue weighted by atomic mass is 9.94. The average Bonchev–Trinajstić information content (AvgIpc) is 2.95. The van der Waals surface area contributed by atoms with Gasteiger partial charge in [0.25, 0.3) is 10.0 Å². The van der Waals surface area contributed by atoms with Crippen LogP contribution in [0.3, 0.4) is 0 Å². The first-order valence-corrected chi connectivity index (χ1v) is 10.6. The second-order valence-corrected chi connectivity index (χ2v) is 9.08. The van der Waals surface area contributed by atoms with Gasteiger partial charge in [0.2, 0.25) is 0 Å². The molecule has 0 unspecified atom stereocenters. The Bertz CT molecular complexity index is 1140. The molecule has 3 aromatic rings. The molecule has 0 spiro atoms. The first-order chi connectivity index (χ1) is 12.3. The first kappa shape index (κ1) is 17.6. The van der Waals surface area contributed by atoms with E-state index in [1.807, 2.05) is 0 Å². The predicted molar refractivity (Wildman–Crippen MR) is 103 cm³/mol. The number of benzene rings is 2. The van der Waals surface area contributed by atoms with Crippen LogP contribution >= 0.6 is 27.5 Å². The predicted octanol–water partition coefficient (Wildman–Crippen LogP) is 5.17. The molecule has 1 aliphatic rings. The summed E-state index contributed by atoms with van der Waals surface area (Å²) in [6, 6.07) is 9.38. The van der Waals surface area contributed by atoms with Gasteiger partial charge in [-0.15, -0.1) is 0 Å². The smallest absolute Gasteiger partial charge is 0.261 e. The number of ketones is 1. The normalized spacial score (nSPS) is 14.5. The zero-order chi connectivity index (χ0) is 18.5. The Labute approximate surface area is 163 Å². The molecule has 0 amide bonds. The van der Waals surface area contributed by atoms with E-state index in [9.17, 15) is 13.2 Å². The van der Waals surface area contributed by atoms with Gasteiger partial charge in [0.1, 0.15) is 5.76 Å². The summed E-state index contributed by atoms with van der Waals surface area (Å²) in [4.78, 5) is 12.4. The fraction of sp³-hybridized carbons (Fsp3) is 0.167. The zero-order valence-corrected chi connectivity index (χ0v) is 16.5. The molecule has 0 fully saturated rings. The third-order valence-corrected chi connectivity index (χ3v) is 6.49. The van der Waals surface area contributed by atoms with Crippen LogP contribution in [0, 0.1) is 0 Å². The van der Waals surface area contributed by atoms with Gasteiger partial charge in [0, 0.05) is 22.7 Å². The number of Topliss-reactive ketones (excluding diaryl/α,β-unsaturated/α-hetero) is 1. The fourth-order valence-corrected chi connectivity index (χ4v) is 4.67. The number of sulfonamides is 1. The Morgan fingerprint density at radius 3 is 2.58 bits per heavy atom. The van der Waals surface area contributed by atoms with Crippen LogP contribution in [0.1, 0.15) is 29.0 Å². The maximum atomic E-state index is 12.6. The van der Waals surface area contributed by atoms with Crippen molar-refractivity contribution in [1.82, 2.24) is 0 Å². The van der Waals surface area contributed by atoms with E-state index in [2.05, 4.69) is 20.7 Å². The molecule has 0 radical (unpaired) electrons. The molecule has 1 N–H and O–H groups in total. The van der Waals surface area contributed by atoms with Gasteiger partial charge in [0.15, 0.2) is 11.4 Å². The van der Waals surface area contributed by atoms with Crippen LogP contribution in [0.5, 0.6) is 0 Å². The number of hydrogen-bond donors (Lipinski definition) is 1. The standard InChI is InChI=1S/C18H13BrClNO4S/c19-10-4-6-12(7-5-10)26(23,24)21-11-8-13-17-15(22)2-1-3-16(17)25-18(13)14(20)9-11/h4-9,21H,1-3H2. The largest absolute Gasteiger partial charge is 0.459 e. The van der Waals surface area contributed by atoms with Crippen LogP contribution in [-0.4, -0.2) is 14.2 Å². The lowest BCUT2D eigenvalue weighted by molar-refractivity contribution is 0.0971. The molecule has 1 aromatic heterocycles. The Morgan fingerprint density at radius 2 is 1.85 bits per heavy atom. The van der Waals surface area contributed by atoms with Crippen molar-refractivity contribution < 1.29 is 17.6 Å². The van der Waals surface area contributed by atoms with Gasteiger partial charge in [-0.1, -0.05) is 27.5 Å². The topological polar surface area (TPSA) is 76.4 Å². The second kappa shape index (κ2) is 6.40. The number of anilines is 1. The third-order valence-electron chi connectivity index (χ3n) is 4.28. The molecule has 0 aliphatic heterocycles. The molecule has 2 aromatic carbocycles. The van der Waals surface area contributed by atoms with E-state index in [-0.39, 0.29) is 21.4 Å². The van der Waals surface area contributed by atoms with Crippen molar-refractivity contribution in [3.8, 4) is 0 Å².